The Bertz CT molecular complexity index is 535. The van der Waals surface area contributed by atoms with Gasteiger partial charge in [0.2, 0.25) is 5.91 Å². The molecule has 0 aromatic carbocycles. The molecule has 1 unspecified atom stereocenters. The maximum atomic E-state index is 12.0. The van der Waals surface area contributed by atoms with Gasteiger partial charge in [-0.05, 0) is 31.2 Å². The van der Waals surface area contributed by atoms with E-state index in [-0.39, 0.29) is 23.8 Å². The van der Waals surface area contributed by atoms with Gasteiger partial charge in [0, 0.05) is 17.3 Å². The van der Waals surface area contributed by atoms with Crippen LogP contribution in [0.2, 0.25) is 0 Å². The molecular weight excluding hydrogens is 270 g/mol. The van der Waals surface area contributed by atoms with Gasteiger partial charge >= 0.3 is 0 Å². The van der Waals surface area contributed by atoms with Crippen LogP contribution in [0.1, 0.15) is 49.6 Å². The molecule has 0 aliphatic rings. The molecule has 1 heterocycles. The highest BCUT2D eigenvalue weighted by Crippen LogP contribution is 2.31. The number of nitrogens with one attached hydrogen (secondary N) is 1. The second-order valence-electron chi connectivity index (χ2n) is 6.38. The Morgan fingerprint density at radius 1 is 1.45 bits per heavy atom. The van der Waals surface area contributed by atoms with Crippen LogP contribution in [0.25, 0.3) is 0 Å². The van der Waals surface area contributed by atoms with Crippen LogP contribution in [0.4, 0.5) is 5.00 Å². The molecule has 0 aliphatic heterocycles. The van der Waals surface area contributed by atoms with Crippen molar-refractivity contribution in [2.24, 2.45) is 11.1 Å². The summed E-state index contributed by atoms with van der Waals surface area (Å²) in [6.45, 7) is 10.1. The van der Waals surface area contributed by atoms with Crippen LogP contribution in [-0.4, -0.2) is 11.9 Å². The number of aryl methyl sites for hydroxylation is 1. The molecule has 20 heavy (non-hydrogen) atoms. The van der Waals surface area contributed by atoms with Crippen LogP contribution in [-0.2, 0) is 4.79 Å². The Morgan fingerprint density at radius 2 is 2.05 bits per heavy atom. The number of nitriles is 1. The molecule has 0 radical (unpaired) electrons. The quantitative estimate of drug-likeness (QED) is 0.893. The number of hydrogen-bond donors (Lipinski definition) is 2. The van der Waals surface area contributed by atoms with Gasteiger partial charge in [-0.15, -0.1) is 11.3 Å². The molecule has 0 fully saturated rings. The van der Waals surface area contributed by atoms with E-state index in [1.807, 2.05) is 13.8 Å². The highest BCUT2D eigenvalue weighted by molar-refractivity contribution is 7.16. The van der Waals surface area contributed by atoms with E-state index in [2.05, 4.69) is 32.2 Å². The van der Waals surface area contributed by atoms with Crippen molar-refractivity contribution in [3.05, 3.63) is 16.0 Å². The summed E-state index contributed by atoms with van der Waals surface area (Å²) in [5.74, 6) is -0.125. The molecule has 1 aromatic rings. The number of nitrogens with zero attached hydrogens (tertiary/aromatic N) is 1. The van der Waals surface area contributed by atoms with Gasteiger partial charge in [0.25, 0.3) is 0 Å². The first-order valence-electron chi connectivity index (χ1n) is 6.69. The number of hydrogen-bond acceptors (Lipinski definition) is 4. The molecule has 1 atom stereocenters. The van der Waals surface area contributed by atoms with Gasteiger partial charge in [0.05, 0.1) is 5.56 Å². The summed E-state index contributed by atoms with van der Waals surface area (Å²) < 4.78 is 0. The minimum absolute atomic E-state index is 0.105. The minimum atomic E-state index is -0.164. The van der Waals surface area contributed by atoms with Gasteiger partial charge < -0.3 is 11.1 Å². The summed E-state index contributed by atoms with van der Waals surface area (Å²) in [6.07, 6.45) is 1.06. The fraction of sp³-hybridized carbons (Fsp3) is 0.600. The summed E-state index contributed by atoms with van der Waals surface area (Å²) in [7, 11) is 0. The average Bonchev–Trinajstić information content (AvgIpc) is 2.50. The zero-order valence-corrected chi connectivity index (χ0v) is 13.6. The van der Waals surface area contributed by atoms with Crippen molar-refractivity contribution in [3.63, 3.8) is 0 Å². The smallest absolute Gasteiger partial charge is 0.226 e. The third-order valence-corrected chi connectivity index (χ3v) is 4.19. The van der Waals surface area contributed by atoms with Crippen LogP contribution in [0.5, 0.6) is 0 Å². The molecule has 110 valence electrons. The minimum Gasteiger partial charge on any atom is -0.327 e. The number of rotatable bonds is 4. The van der Waals surface area contributed by atoms with Gasteiger partial charge in [0.15, 0.2) is 0 Å². The van der Waals surface area contributed by atoms with E-state index in [4.69, 9.17) is 11.0 Å². The lowest BCUT2D eigenvalue weighted by molar-refractivity contribution is -0.116. The standard InChI is InChI=1S/C15H23N3OS/c1-9-10(2)20-14(12(9)8-16)18-13(19)6-11(17)7-15(3,4)5/h11H,6-7,17H2,1-5H3,(H,18,19). The fourth-order valence-electron chi connectivity index (χ4n) is 2.12. The van der Waals surface area contributed by atoms with E-state index in [0.29, 0.717) is 10.6 Å². The molecule has 0 spiro atoms. The lowest BCUT2D eigenvalue weighted by atomic mass is 9.87. The van der Waals surface area contributed by atoms with Crippen LogP contribution in [0, 0.1) is 30.6 Å². The van der Waals surface area contributed by atoms with Gasteiger partial charge in [0.1, 0.15) is 11.1 Å². The van der Waals surface area contributed by atoms with Crippen LogP contribution < -0.4 is 11.1 Å². The molecule has 5 heteroatoms. The van der Waals surface area contributed by atoms with Crippen molar-refractivity contribution >= 4 is 22.2 Å². The number of carbonyl (C=O) groups excluding carboxylic acids is 1. The highest BCUT2D eigenvalue weighted by Gasteiger charge is 2.20. The van der Waals surface area contributed by atoms with Crippen molar-refractivity contribution < 1.29 is 4.79 Å². The van der Waals surface area contributed by atoms with Crippen molar-refractivity contribution in [2.45, 2.75) is 53.5 Å². The van der Waals surface area contributed by atoms with E-state index in [1.165, 1.54) is 11.3 Å². The van der Waals surface area contributed by atoms with E-state index < -0.39 is 0 Å². The lowest BCUT2D eigenvalue weighted by Crippen LogP contribution is -2.31. The predicted molar refractivity (Wildman–Crippen MR) is 83.8 cm³/mol. The Balaban J connectivity index is 2.68. The fourth-order valence-corrected chi connectivity index (χ4v) is 3.15. The molecule has 3 N–H and O–H groups in total. The summed E-state index contributed by atoms with van der Waals surface area (Å²) >= 11 is 1.44. The molecule has 0 aliphatic carbocycles. The number of thiophene rings is 1. The number of amides is 1. The molecular formula is C15H23N3OS. The zero-order chi connectivity index (χ0) is 15.5. The highest BCUT2D eigenvalue weighted by atomic mass is 32.1. The maximum Gasteiger partial charge on any atom is 0.226 e. The van der Waals surface area contributed by atoms with Crippen molar-refractivity contribution in [2.75, 3.05) is 5.32 Å². The normalized spacial score (nSPS) is 12.8. The van der Waals surface area contributed by atoms with E-state index in [0.717, 1.165) is 16.9 Å². The first kappa shape index (κ1) is 16.7. The second kappa shape index (κ2) is 6.38. The first-order valence-corrected chi connectivity index (χ1v) is 7.51. The van der Waals surface area contributed by atoms with Gasteiger partial charge in [-0.2, -0.15) is 5.26 Å². The van der Waals surface area contributed by atoms with Crippen molar-refractivity contribution in [3.8, 4) is 6.07 Å². The van der Waals surface area contributed by atoms with Crippen LogP contribution >= 0.6 is 11.3 Å². The topological polar surface area (TPSA) is 78.9 Å². The maximum absolute atomic E-state index is 12.0. The summed E-state index contributed by atoms with van der Waals surface area (Å²) in [5.41, 5.74) is 7.60. The largest absolute Gasteiger partial charge is 0.327 e. The summed E-state index contributed by atoms with van der Waals surface area (Å²) in [5, 5.41) is 12.6. The van der Waals surface area contributed by atoms with Gasteiger partial charge in [-0.1, -0.05) is 20.8 Å². The molecule has 0 saturated carbocycles. The van der Waals surface area contributed by atoms with Gasteiger partial charge in [-0.3, -0.25) is 4.79 Å². The molecule has 0 bridgehead atoms. The van der Waals surface area contributed by atoms with Crippen LogP contribution in [0.3, 0.4) is 0 Å². The van der Waals surface area contributed by atoms with E-state index in [1.54, 1.807) is 0 Å². The second-order valence-corrected chi connectivity index (χ2v) is 7.60. The SMILES string of the molecule is Cc1sc(NC(=O)CC(N)CC(C)(C)C)c(C#N)c1C. The molecule has 1 aromatic heterocycles. The molecule has 4 nitrogen and oxygen atoms in total. The molecule has 0 saturated heterocycles. The first-order chi connectivity index (χ1) is 9.14. The summed E-state index contributed by atoms with van der Waals surface area (Å²) in [6, 6.07) is 1.98. The Labute approximate surface area is 125 Å². The Morgan fingerprint density at radius 3 is 2.55 bits per heavy atom. The van der Waals surface area contributed by atoms with Crippen molar-refractivity contribution in [1.29, 1.82) is 5.26 Å². The van der Waals surface area contributed by atoms with Gasteiger partial charge in [-0.25, -0.2) is 0 Å². The van der Waals surface area contributed by atoms with Crippen molar-refractivity contribution in [1.82, 2.24) is 0 Å². The van der Waals surface area contributed by atoms with E-state index in [9.17, 15) is 4.79 Å². The number of carbonyl (C=O) groups is 1. The van der Waals surface area contributed by atoms with Crippen LogP contribution in [0.15, 0.2) is 0 Å². The number of anilines is 1. The zero-order valence-electron chi connectivity index (χ0n) is 12.8. The van der Waals surface area contributed by atoms with E-state index >= 15 is 0 Å². The Kier molecular flexibility index (Phi) is 5.32. The molecule has 1 rings (SSSR count). The lowest BCUT2D eigenvalue weighted by Gasteiger charge is -2.22. The molecule has 1 amide bonds. The third kappa shape index (κ3) is 4.62. The summed E-state index contributed by atoms with van der Waals surface area (Å²) in [4.78, 5) is 13.1. The predicted octanol–water partition coefficient (Wildman–Crippen LogP) is 3.33. The Hall–Kier alpha value is -1.38. The monoisotopic (exact) mass is 293 g/mol. The average molecular weight is 293 g/mol. The third-order valence-electron chi connectivity index (χ3n) is 3.07. The number of nitrogens with two attached hydrogens (primary N) is 1.